The summed E-state index contributed by atoms with van der Waals surface area (Å²) in [5.74, 6) is 0.104. The lowest BCUT2D eigenvalue weighted by Gasteiger charge is -2.05. The van der Waals surface area contributed by atoms with Gasteiger partial charge >= 0.3 is 0 Å². The topological polar surface area (TPSA) is 17.1 Å². The first-order valence-electron chi connectivity index (χ1n) is 6.00. The highest BCUT2D eigenvalue weighted by Crippen LogP contribution is 2.19. The monoisotopic (exact) mass is 258 g/mol. The number of carbonyl (C=O) groups excluding carboxylic acids is 1. The Labute approximate surface area is 112 Å². The van der Waals surface area contributed by atoms with Crippen LogP contribution in [0.15, 0.2) is 48.5 Å². The quantitative estimate of drug-likeness (QED) is 0.740. The Bertz CT molecular complexity index is 546. The number of rotatable bonds is 4. The van der Waals surface area contributed by atoms with Gasteiger partial charge in [0.1, 0.15) is 0 Å². The summed E-state index contributed by atoms with van der Waals surface area (Å²) in [6, 6.07) is 15.6. The van der Waals surface area contributed by atoms with E-state index in [9.17, 15) is 4.79 Å². The summed E-state index contributed by atoms with van der Waals surface area (Å²) in [5.41, 5.74) is 2.87. The molecule has 2 rings (SSSR count). The van der Waals surface area contributed by atoms with E-state index in [1.165, 1.54) is 5.56 Å². The minimum atomic E-state index is 0.104. The van der Waals surface area contributed by atoms with E-state index in [4.69, 9.17) is 11.6 Å². The molecule has 0 saturated heterocycles. The minimum Gasteiger partial charge on any atom is -0.294 e. The maximum absolute atomic E-state index is 12.1. The van der Waals surface area contributed by atoms with Crippen LogP contribution in [0.4, 0.5) is 0 Å². The molecule has 0 aliphatic rings. The minimum absolute atomic E-state index is 0.104. The van der Waals surface area contributed by atoms with E-state index in [2.05, 4.69) is 0 Å². The van der Waals surface area contributed by atoms with Crippen LogP contribution in [0.25, 0.3) is 0 Å². The molecule has 0 aliphatic heterocycles. The first-order chi connectivity index (χ1) is 8.66. The molecular formula is C16H15ClO. The number of ketones is 1. The van der Waals surface area contributed by atoms with Gasteiger partial charge in [-0.15, -0.1) is 0 Å². The van der Waals surface area contributed by atoms with Crippen molar-refractivity contribution in [2.24, 2.45) is 0 Å². The first-order valence-corrected chi connectivity index (χ1v) is 6.38. The Kier molecular flexibility index (Phi) is 4.16. The van der Waals surface area contributed by atoms with Crippen molar-refractivity contribution in [2.75, 3.05) is 0 Å². The predicted molar refractivity (Wildman–Crippen MR) is 75.3 cm³/mol. The number of carbonyl (C=O) groups is 1. The van der Waals surface area contributed by atoms with Gasteiger partial charge in [-0.3, -0.25) is 4.79 Å². The van der Waals surface area contributed by atoms with Crippen LogP contribution in [0.5, 0.6) is 0 Å². The fourth-order valence-corrected chi connectivity index (χ4v) is 2.11. The third-order valence-electron chi connectivity index (χ3n) is 2.91. The largest absolute Gasteiger partial charge is 0.294 e. The van der Waals surface area contributed by atoms with E-state index in [1.54, 1.807) is 6.07 Å². The number of aryl methyl sites for hydroxylation is 2. The van der Waals surface area contributed by atoms with Gasteiger partial charge in [0.2, 0.25) is 0 Å². The second kappa shape index (κ2) is 5.83. The lowest BCUT2D eigenvalue weighted by Crippen LogP contribution is -2.02. The zero-order valence-corrected chi connectivity index (χ0v) is 11.1. The van der Waals surface area contributed by atoms with Gasteiger partial charge in [-0.2, -0.15) is 0 Å². The fourth-order valence-electron chi connectivity index (χ4n) is 1.89. The normalized spacial score (nSPS) is 10.3. The van der Waals surface area contributed by atoms with E-state index < -0.39 is 0 Å². The second-order valence-electron chi connectivity index (χ2n) is 4.39. The van der Waals surface area contributed by atoms with E-state index in [0.29, 0.717) is 17.0 Å². The maximum Gasteiger partial charge on any atom is 0.164 e. The molecule has 1 nitrogen and oxygen atoms in total. The van der Waals surface area contributed by atoms with Crippen molar-refractivity contribution in [2.45, 2.75) is 19.8 Å². The summed E-state index contributed by atoms with van der Waals surface area (Å²) < 4.78 is 0. The Hall–Kier alpha value is -1.60. The highest BCUT2D eigenvalue weighted by atomic mass is 35.5. The van der Waals surface area contributed by atoms with Crippen molar-refractivity contribution in [3.05, 3.63) is 70.2 Å². The van der Waals surface area contributed by atoms with Crippen LogP contribution in [0.3, 0.4) is 0 Å². The Morgan fingerprint density at radius 3 is 2.56 bits per heavy atom. The summed E-state index contributed by atoms with van der Waals surface area (Å²) in [6.45, 7) is 1.96. The average Bonchev–Trinajstić information content (AvgIpc) is 2.40. The first kappa shape index (κ1) is 12.8. The summed E-state index contributed by atoms with van der Waals surface area (Å²) >= 11 is 6.05. The molecule has 0 bridgehead atoms. The number of hydrogen-bond acceptors (Lipinski definition) is 1. The molecule has 0 N–H and O–H groups in total. The van der Waals surface area contributed by atoms with Crippen LogP contribution >= 0.6 is 11.6 Å². The average molecular weight is 259 g/mol. The van der Waals surface area contributed by atoms with Crippen LogP contribution in [0.2, 0.25) is 5.02 Å². The van der Waals surface area contributed by atoms with Gasteiger partial charge in [0.15, 0.2) is 5.78 Å². The van der Waals surface area contributed by atoms with Crippen molar-refractivity contribution in [1.82, 2.24) is 0 Å². The molecule has 18 heavy (non-hydrogen) atoms. The van der Waals surface area contributed by atoms with Gasteiger partial charge < -0.3 is 0 Å². The van der Waals surface area contributed by atoms with Gasteiger partial charge in [0.05, 0.1) is 5.02 Å². The molecule has 0 aromatic heterocycles. The van der Waals surface area contributed by atoms with Crippen molar-refractivity contribution in [3.63, 3.8) is 0 Å². The summed E-state index contributed by atoms with van der Waals surface area (Å²) in [6.07, 6.45) is 1.25. The van der Waals surface area contributed by atoms with Crippen LogP contribution in [0.1, 0.15) is 27.9 Å². The molecule has 0 unspecified atom stereocenters. The molecule has 0 radical (unpaired) electrons. The molecule has 2 aromatic carbocycles. The van der Waals surface area contributed by atoms with Gasteiger partial charge in [-0.25, -0.2) is 0 Å². The zero-order valence-electron chi connectivity index (χ0n) is 10.3. The number of Topliss-reactive ketones (excluding diaryl/α,β-unsaturated/α-hetero) is 1. The second-order valence-corrected chi connectivity index (χ2v) is 4.80. The van der Waals surface area contributed by atoms with Crippen molar-refractivity contribution < 1.29 is 4.79 Å². The third-order valence-corrected chi connectivity index (χ3v) is 3.24. The van der Waals surface area contributed by atoms with Crippen LogP contribution in [0, 0.1) is 6.92 Å². The van der Waals surface area contributed by atoms with Crippen molar-refractivity contribution in [1.29, 1.82) is 0 Å². The van der Waals surface area contributed by atoms with Gasteiger partial charge in [-0.05, 0) is 31.0 Å². The molecule has 0 aliphatic carbocycles. The summed E-state index contributed by atoms with van der Waals surface area (Å²) in [7, 11) is 0. The molecule has 0 spiro atoms. The van der Waals surface area contributed by atoms with E-state index >= 15 is 0 Å². The molecule has 0 heterocycles. The molecule has 0 saturated carbocycles. The van der Waals surface area contributed by atoms with Crippen LogP contribution < -0.4 is 0 Å². The molecule has 92 valence electrons. The Morgan fingerprint density at radius 2 is 1.83 bits per heavy atom. The number of hydrogen-bond donors (Lipinski definition) is 0. The van der Waals surface area contributed by atoms with Gasteiger partial charge in [0, 0.05) is 12.0 Å². The Balaban J connectivity index is 2.06. The van der Waals surface area contributed by atoms with Crippen molar-refractivity contribution in [3.8, 4) is 0 Å². The predicted octanol–water partition coefficient (Wildman–Crippen LogP) is 4.46. The third kappa shape index (κ3) is 3.21. The van der Waals surface area contributed by atoms with Gasteiger partial charge in [-0.1, -0.05) is 53.6 Å². The van der Waals surface area contributed by atoms with E-state index in [1.807, 2.05) is 49.4 Å². The van der Waals surface area contributed by atoms with E-state index in [0.717, 1.165) is 12.0 Å². The molecular weight excluding hydrogens is 244 g/mol. The highest BCUT2D eigenvalue weighted by Gasteiger charge is 2.10. The van der Waals surface area contributed by atoms with Crippen LogP contribution in [-0.2, 0) is 6.42 Å². The summed E-state index contributed by atoms with van der Waals surface area (Å²) in [4.78, 5) is 12.1. The molecule has 2 aromatic rings. The molecule has 2 heteroatoms. The smallest absolute Gasteiger partial charge is 0.164 e. The highest BCUT2D eigenvalue weighted by molar-refractivity contribution is 6.34. The lowest BCUT2D eigenvalue weighted by atomic mass is 10.0. The number of benzene rings is 2. The molecule has 0 atom stereocenters. The zero-order chi connectivity index (χ0) is 13.0. The van der Waals surface area contributed by atoms with Gasteiger partial charge in [0.25, 0.3) is 0 Å². The maximum atomic E-state index is 12.1. The van der Waals surface area contributed by atoms with E-state index in [-0.39, 0.29) is 5.78 Å². The number of halogens is 1. The van der Waals surface area contributed by atoms with Crippen molar-refractivity contribution >= 4 is 17.4 Å². The molecule has 0 amide bonds. The SMILES string of the molecule is Cc1ccc(Cl)c(C(=O)CCc2ccccc2)c1. The fraction of sp³-hybridized carbons (Fsp3) is 0.188. The summed E-state index contributed by atoms with van der Waals surface area (Å²) in [5, 5.41) is 0.540. The lowest BCUT2D eigenvalue weighted by molar-refractivity contribution is 0.0983. The Morgan fingerprint density at radius 1 is 1.11 bits per heavy atom. The molecule has 0 fully saturated rings. The van der Waals surface area contributed by atoms with Crippen LogP contribution in [-0.4, -0.2) is 5.78 Å². The standard InChI is InChI=1S/C16H15ClO/c1-12-7-9-15(17)14(11-12)16(18)10-8-13-5-3-2-4-6-13/h2-7,9,11H,8,10H2,1H3.